The van der Waals surface area contributed by atoms with Gasteiger partial charge in [-0.15, -0.1) is 11.8 Å². The van der Waals surface area contributed by atoms with E-state index in [1.807, 2.05) is 6.92 Å². The highest BCUT2D eigenvalue weighted by molar-refractivity contribution is 7.99. The smallest absolute Gasteiger partial charge is 0.126 e. The van der Waals surface area contributed by atoms with Crippen molar-refractivity contribution >= 4 is 11.8 Å². The molecule has 88 valence electrons. The Kier molecular flexibility index (Phi) is 4.18. The van der Waals surface area contributed by atoms with Gasteiger partial charge in [-0.1, -0.05) is 0 Å². The van der Waals surface area contributed by atoms with Crippen molar-refractivity contribution in [1.82, 2.24) is 9.97 Å². The maximum absolute atomic E-state index is 5.07. The lowest BCUT2D eigenvalue weighted by Gasteiger charge is -2.17. The molecule has 0 spiro atoms. The molecule has 1 aliphatic carbocycles. The van der Waals surface area contributed by atoms with Crippen LogP contribution >= 0.6 is 11.8 Å². The molecule has 0 unspecified atom stereocenters. The van der Waals surface area contributed by atoms with E-state index in [9.17, 15) is 0 Å². The van der Waals surface area contributed by atoms with E-state index in [0.29, 0.717) is 0 Å². The van der Waals surface area contributed by atoms with E-state index < -0.39 is 0 Å². The monoisotopic (exact) mass is 238 g/mol. The minimum Gasteiger partial charge on any atom is -0.384 e. The summed E-state index contributed by atoms with van der Waals surface area (Å²) in [6, 6.07) is 0. The van der Waals surface area contributed by atoms with E-state index in [1.165, 1.54) is 29.1 Å². The van der Waals surface area contributed by atoms with Crippen LogP contribution in [-0.4, -0.2) is 29.4 Å². The first kappa shape index (κ1) is 11.9. The lowest BCUT2D eigenvalue weighted by Crippen LogP contribution is -2.10. The van der Waals surface area contributed by atoms with E-state index in [1.54, 1.807) is 18.9 Å². The molecule has 0 radical (unpaired) electrons. The van der Waals surface area contributed by atoms with Gasteiger partial charge in [-0.25, -0.2) is 9.97 Å². The summed E-state index contributed by atoms with van der Waals surface area (Å²) in [5.41, 5.74) is 2.66. The van der Waals surface area contributed by atoms with Crippen LogP contribution in [0.3, 0.4) is 0 Å². The first-order chi connectivity index (χ1) is 7.81. The second-order valence-corrected chi connectivity index (χ2v) is 5.13. The van der Waals surface area contributed by atoms with E-state index >= 15 is 0 Å². The third kappa shape index (κ3) is 2.74. The largest absolute Gasteiger partial charge is 0.384 e. The number of hydrogen-bond acceptors (Lipinski definition) is 4. The van der Waals surface area contributed by atoms with Gasteiger partial charge < -0.3 is 4.74 Å². The Hall–Kier alpha value is -0.610. The molecule has 16 heavy (non-hydrogen) atoms. The fourth-order valence-corrected chi connectivity index (χ4v) is 3.05. The van der Waals surface area contributed by atoms with Crippen LogP contribution in [0, 0.1) is 6.92 Å². The van der Waals surface area contributed by atoms with Gasteiger partial charge in [-0.3, -0.25) is 0 Å². The van der Waals surface area contributed by atoms with E-state index in [-0.39, 0.29) is 0 Å². The molecule has 0 bridgehead atoms. The molecule has 1 aromatic heterocycles. The fraction of sp³-hybridized carbons (Fsp3) is 0.667. The molecule has 0 aromatic carbocycles. The van der Waals surface area contributed by atoms with Crippen molar-refractivity contribution in [3.8, 4) is 0 Å². The average molecular weight is 238 g/mol. The topological polar surface area (TPSA) is 35.0 Å². The predicted octanol–water partition coefficient (Wildman–Crippen LogP) is 2.40. The minimum atomic E-state index is 0.780. The van der Waals surface area contributed by atoms with Gasteiger partial charge in [-0.2, -0.15) is 0 Å². The summed E-state index contributed by atoms with van der Waals surface area (Å²) < 4.78 is 5.07. The molecule has 0 N–H and O–H groups in total. The third-order valence-electron chi connectivity index (χ3n) is 2.78. The first-order valence-electron chi connectivity index (χ1n) is 5.79. The van der Waals surface area contributed by atoms with E-state index in [4.69, 9.17) is 4.74 Å². The highest BCUT2D eigenvalue weighted by atomic mass is 32.2. The molecule has 0 saturated carbocycles. The maximum Gasteiger partial charge on any atom is 0.126 e. The van der Waals surface area contributed by atoms with Crippen molar-refractivity contribution in [2.45, 2.75) is 37.6 Å². The van der Waals surface area contributed by atoms with Crippen LogP contribution < -0.4 is 0 Å². The van der Waals surface area contributed by atoms with Crippen molar-refractivity contribution in [3.63, 3.8) is 0 Å². The highest BCUT2D eigenvalue weighted by Crippen LogP contribution is 2.28. The summed E-state index contributed by atoms with van der Waals surface area (Å²) in [5, 5.41) is 1.18. The predicted molar refractivity (Wildman–Crippen MR) is 66.0 cm³/mol. The number of aromatic nitrogens is 2. The second-order valence-electron chi connectivity index (χ2n) is 4.05. The van der Waals surface area contributed by atoms with Gasteiger partial charge in [0.25, 0.3) is 0 Å². The molecule has 0 amide bonds. The summed E-state index contributed by atoms with van der Waals surface area (Å²) in [5.74, 6) is 1.87. The maximum atomic E-state index is 5.07. The minimum absolute atomic E-state index is 0.780. The highest BCUT2D eigenvalue weighted by Gasteiger charge is 2.16. The van der Waals surface area contributed by atoms with Gasteiger partial charge in [0.2, 0.25) is 0 Å². The third-order valence-corrected chi connectivity index (χ3v) is 3.77. The SMILES string of the molecule is COCCSc1nc(C)nc2c1CCCC2. The van der Waals surface area contributed by atoms with Crippen LogP contribution in [0.1, 0.15) is 29.9 Å². The molecule has 1 aliphatic rings. The van der Waals surface area contributed by atoms with Gasteiger partial charge in [0.05, 0.1) is 6.61 Å². The number of fused-ring (bicyclic) bond motifs is 1. The Balaban J connectivity index is 2.18. The molecule has 3 nitrogen and oxygen atoms in total. The van der Waals surface area contributed by atoms with E-state index in [0.717, 1.165) is 31.0 Å². The lowest BCUT2D eigenvalue weighted by molar-refractivity contribution is 0.218. The van der Waals surface area contributed by atoms with Gasteiger partial charge >= 0.3 is 0 Å². The summed E-state index contributed by atoms with van der Waals surface area (Å²) in [4.78, 5) is 9.10. The molecular weight excluding hydrogens is 220 g/mol. The van der Waals surface area contributed by atoms with Gasteiger partial charge in [0, 0.05) is 24.1 Å². The average Bonchev–Trinajstić information content (AvgIpc) is 2.29. The Labute approximate surface area is 101 Å². The number of aryl methyl sites for hydroxylation is 2. The number of hydrogen-bond donors (Lipinski definition) is 0. The van der Waals surface area contributed by atoms with Crippen molar-refractivity contribution < 1.29 is 4.74 Å². The van der Waals surface area contributed by atoms with Crippen molar-refractivity contribution in [2.75, 3.05) is 19.5 Å². The molecule has 1 heterocycles. The number of ether oxygens (including phenoxy) is 1. The molecule has 0 aliphatic heterocycles. The standard InChI is InChI=1S/C12H18N2OS/c1-9-13-11-6-4-3-5-10(11)12(14-9)16-8-7-15-2/h3-8H2,1-2H3. The Morgan fingerprint density at radius 1 is 1.25 bits per heavy atom. The molecule has 0 fully saturated rings. The summed E-state index contributed by atoms with van der Waals surface area (Å²) in [6.07, 6.45) is 4.81. The molecule has 4 heteroatoms. The van der Waals surface area contributed by atoms with Crippen LogP contribution in [-0.2, 0) is 17.6 Å². The lowest BCUT2D eigenvalue weighted by atomic mass is 9.97. The number of thioether (sulfide) groups is 1. The zero-order valence-electron chi connectivity index (χ0n) is 9.95. The van der Waals surface area contributed by atoms with Crippen LogP contribution in [0.2, 0.25) is 0 Å². The quantitative estimate of drug-likeness (QED) is 0.458. The molecule has 1 aromatic rings. The second kappa shape index (κ2) is 5.64. The summed E-state index contributed by atoms with van der Waals surface area (Å²) in [7, 11) is 1.74. The van der Waals surface area contributed by atoms with Crippen molar-refractivity contribution in [2.24, 2.45) is 0 Å². The first-order valence-corrected chi connectivity index (χ1v) is 6.78. The van der Waals surface area contributed by atoms with Gasteiger partial charge in [0.15, 0.2) is 0 Å². The number of methoxy groups -OCH3 is 1. The van der Waals surface area contributed by atoms with Crippen LogP contribution in [0.4, 0.5) is 0 Å². The molecular formula is C12H18N2OS. The number of nitrogens with zero attached hydrogens (tertiary/aromatic N) is 2. The number of rotatable bonds is 4. The zero-order chi connectivity index (χ0) is 11.4. The normalized spacial score (nSPS) is 14.9. The van der Waals surface area contributed by atoms with Crippen LogP contribution in [0.15, 0.2) is 5.03 Å². The molecule has 0 atom stereocenters. The summed E-state index contributed by atoms with van der Waals surface area (Å²) in [6.45, 7) is 2.76. The van der Waals surface area contributed by atoms with Crippen molar-refractivity contribution in [1.29, 1.82) is 0 Å². The Morgan fingerprint density at radius 2 is 2.06 bits per heavy atom. The zero-order valence-corrected chi connectivity index (χ0v) is 10.8. The fourth-order valence-electron chi connectivity index (χ4n) is 2.02. The Bertz CT molecular complexity index is 368. The van der Waals surface area contributed by atoms with Gasteiger partial charge in [-0.05, 0) is 32.6 Å². The Morgan fingerprint density at radius 3 is 2.88 bits per heavy atom. The van der Waals surface area contributed by atoms with Crippen LogP contribution in [0.5, 0.6) is 0 Å². The molecule has 0 saturated heterocycles. The summed E-state index contributed by atoms with van der Waals surface area (Å²) >= 11 is 1.80. The van der Waals surface area contributed by atoms with Crippen molar-refractivity contribution in [3.05, 3.63) is 17.1 Å². The van der Waals surface area contributed by atoms with Crippen LogP contribution in [0.25, 0.3) is 0 Å². The molecule has 2 rings (SSSR count). The van der Waals surface area contributed by atoms with Gasteiger partial charge in [0.1, 0.15) is 10.9 Å². The van der Waals surface area contributed by atoms with E-state index in [2.05, 4.69) is 9.97 Å².